The zero-order chi connectivity index (χ0) is 25.3. The predicted octanol–water partition coefficient (Wildman–Crippen LogP) is 1.74. The van der Waals surface area contributed by atoms with Crippen molar-refractivity contribution in [3.8, 4) is 11.5 Å². The molecule has 0 aromatic carbocycles. The summed E-state index contributed by atoms with van der Waals surface area (Å²) in [5.74, 6) is -0.668. The third-order valence-electron chi connectivity index (χ3n) is 6.82. The number of nitrogens with one attached hydrogen (secondary N) is 1. The van der Waals surface area contributed by atoms with Crippen LogP contribution < -0.4 is 0 Å². The van der Waals surface area contributed by atoms with Crippen molar-refractivity contribution in [2.45, 2.75) is 37.5 Å². The average molecular weight is 520 g/mol. The van der Waals surface area contributed by atoms with E-state index in [1.807, 2.05) is 31.3 Å². The summed E-state index contributed by atoms with van der Waals surface area (Å²) in [6.07, 6.45) is 7.96. The molecule has 2 aliphatic rings. The first-order chi connectivity index (χ1) is 17.9. The molecule has 6 heterocycles. The van der Waals surface area contributed by atoms with E-state index in [4.69, 9.17) is 9.52 Å². The summed E-state index contributed by atoms with van der Waals surface area (Å²) >= 11 is 0. The van der Waals surface area contributed by atoms with Crippen LogP contribution in [0.5, 0.6) is 0 Å². The van der Waals surface area contributed by atoms with Gasteiger partial charge in [0.15, 0.2) is 0 Å². The SMILES string of the molecule is Cc1cccn2nc([C@@H]3c4nc[nH]c4CCN3C(=O)c3nnc(-c4cnn(S(=O)(=O)C5CC5)c4)o3)cc12. The molecule has 7 rings (SSSR count). The molecule has 188 valence electrons. The second kappa shape index (κ2) is 7.83. The summed E-state index contributed by atoms with van der Waals surface area (Å²) in [4.78, 5) is 22.9. The number of fused-ring (bicyclic) bond motifs is 2. The van der Waals surface area contributed by atoms with Gasteiger partial charge < -0.3 is 14.3 Å². The molecule has 5 aromatic heterocycles. The Kier molecular flexibility index (Phi) is 4.64. The van der Waals surface area contributed by atoms with Crippen LogP contribution in [0.25, 0.3) is 17.0 Å². The Balaban J connectivity index is 1.23. The van der Waals surface area contributed by atoms with Crippen molar-refractivity contribution < 1.29 is 17.6 Å². The minimum atomic E-state index is -3.53. The lowest BCUT2D eigenvalue weighted by Gasteiger charge is -2.32. The van der Waals surface area contributed by atoms with Gasteiger partial charge in [0.25, 0.3) is 15.9 Å². The lowest BCUT2D eigenvalue weighted by molar-refractivity contribution is 0.0646. The number of rotatable bonds is 5. The number of carbonyl (C=O) groups excluding carboxylic acids is 1. The van der Waals surface area contributed by atoms with Crippen LogP contribution in [0, 0.1) is 6.92 Å². The predicted molar refractivity (Wildman–Crippen MR) is 128 cm³/mol. The van der Waals surface area contributed by atoms with Gasteiger partial charge in [-0.15, -0.1) is 10.2 Å². The summed E-state index contributed by atoms with van der Waals surface area (Å²) < 4.78 is 33.3. The largest absolute Gasteiger partial charge is 0.412 e. The second-order valence-electron chi connectivity index (χ2n) is 9.27. The number of amides is 1. The Bertz CT molecular complexity index is 1780. The van der Waals surface area contributed by atoms with Crippen LogP contribution in [0.2, 0.25) is 0 Å². The van der Waals surface area contributed by atoms with Gasteiger partial charge >= 0.3 is 11.8 Å². The van der Waals surface area contributed by atoms with Gasteiger partial charge in [-0.05, 0) is 37.5 Å². The first-order valence-corrected chi connectivity index (χ1v) is 13.3. The molecule has 1 fully saturated rings. The van der Waals surface area contributed by atoms with Gasteiger partial charge in [0.05, 0.1) is 46.4 Å². The van der Waals surface area contributed by atoms with E-state index in [2.05, 4.69) is 25.3 Å². The van der Waals surface area contributed by atoms with Crippen molar-refractivity contribution in [2.75, 3.05) is 6.54 Å². The Morgan fingerprint density at radius 1 is 1.24 bits per heavy atom. The number of imidazole rings is 1. The number of H-pyrrole nitrogens is 1. The topological polar surface area (TPSA) is 157 Å². The molecule has 1 saturated carbocycles. The fraction of sp³-hybridized carbons (Fsp3) is 0.304. The van der Waals surface area contributed by atoms with Gasteiger partial charge in [-0.25, -0.2) is 17.9 Å². The van der Waals surface area contributed by atoms with Crippen molar-refractivity contribution >= 4 is 21.4 Å². The summed E-state index contributed by atoms with van der Waals surface area (Å²) in [6, 6.07) is 5.32. The lowest BCUT2D eigenvalue weighted by atomic mass is 9.99. The summed E-state index contributed by atoms with van der Waals surface area (Å²) in [5.41, 5.74) is 4.64. The number of aromatic amines is 1. The average Bonchev–Trinajstić information content (AvgIpc) is 3.33. The molecule has 0 saturated heterocycles. The highest BCUT2D eigenvalue weighted by atomic mass is 32.2. The van der Waals surface area contributed by atoms with Gasteiger partial charge in [0, 0.05) is 24.9 Å². The normalized spacial score (nSPS) is 17.9. The summed E-state index contributed by atoms with van der Waals surface area (Å²) in [5, 5.41) is 16.2. The molecule has 14 heteroatoms. The molecule has 0 bridgehead atoms. The quantitative estimate of drug-likeness (QED) is 0.365. The van der Waals surface area contributed by atoms with Crippen LogP contribution in [0.4, 0.5) is 0 Å². The maximum Gasteiger partial charge on any atom is 0.312 e. The van der Waals surface area contributed by atoms with Crippen molar-refractivity contribution in [1.82, 2.24) is 43.9 Å². The Hall–Kier alpha value is -4.33. The van der Waals surface area contributed by atoms with E-state index in [-0.39, 0.29) is 11.8 Å². The first kappa shape index (κ1) is 21.9. The van der Waals surface area contributed by atoms with E-state index in [0.29, 0.717) is 42.8 Å². The number of hydrogen-bond donors (Lipinski definition) is 1. The van der Waals surface area contributed by atoms with Crippen LogP contribution in [0.15, 0.2) is 47.5 Å². The van der Waals surface area contributed by atoms with Gasteiger partial charge in [0.2, 0.25) is 0 Å². The van der Waals surface area contributed by atoms with Crippen LogP contribution in [0.1, 0.15) is 52.2 Å². The van der Waals surface area contributed by atoms with E-state index in [9.17, 15) is 13.2 Å². The third-order valence-corrected chi connectivity index (χ3v) is 8.85. The molecule has 1 amide bonds. The smallest absolute Gasteiger partial charge is 0.312 e. The number of aromatic nitrogens is 8. The van der Waals surface area contributed by atoms with Gasteiger partial charge in [-0.2, -0.15) is 14.3 Å². The zero-order valence-electron chi connectivity index (χ0n) is 19.6. The molecular weight excluding hydrogens is 498 g/mol. The van der Waals surface area contributed by atoms with Gasteiger partial charge in [-0.1, -0.05) is 6.07 Å². The van der Waals surface area contributed by atoms with Crippen LogP contribution >= 0.6 is 0 Å². The molecular formula is C23H21N9O4S. The molecule has 1 atom stereocenters. The maximum absolute atomic E-state index is 13.6. The highest BCUT2D eigenvalue weighted by Crippen LogP contribution is 2.35. The zero-order valence-corrected chi connectivity index (χ0v) is 20.5. The third kappa shape index (κ3) is 3.47. The van der Waals surface area contributed by atoms with Crippen LogP contribution in [-0.4, -0.2) is 70.0 Å². The van der Waals surface area contributed by atoms with E-state index in [0.717, 1.165) is 20.9 Å². The molecule has 5 aromatic rings. The fourth-order valence-corrected chi connectivity index (χ4v) is 6.20. The van der Waals surface area contributed by atoms with E-state index >= 15 is 0 Å². The minimum Gasteiger partial charge on any atom is -0.412 e. The van der Waals surface area contributed by atoms with E-state index in [1.54, 1.807) is 15.7 Å². The standard InChI is InChI=1S/C23H21N9O4S/c1-13-3-2-7-31-18(13)9-17(29-31)20-19-16(24-12-25-19)6-8-30(20)23(33)22-28-27-21(36-22)14-10-26-32(11-14)37(34,35)15-4-5-15/h2-3,7,9-12,15,20H,4-6,8H2,1H3,(H,24,25)/t20-/m1/s1. The maximum atomic E-state index is 13.6. The molecule has 13 nitrogen and oxygen atoms in total. The highest BCUT2D eigenvalue weighted by Gasteiger charge is 2.39. The molecule has 1 aliphatic heterocycles. The van der Waals surface area contributed by atoms with E-state index < -0.39 is 27.2 Å². The highest BCUT2D eigenvalue weighted by molar-refractivity contribution is 7.90. The number of carbonyl (C=O) groups is 1. The Labute approximate surface area is 210 Å². The molecule has 0 radical (unpaired) electrons. The van der Waals surface area contributed by atoms with Crippen molar-refractivity contribution in [3.63, 3.8) is 0 Å². The molecule has 0 spiro atoms. The lowest BCUT2D eigenvalue weighted by Crippen LogP contribution is -2.41. The fourth-order valence-electron chi connectivity index (χ4n) is 4.73. The number of nitrogens with zero attached hydrogens (tertiary/aromatic N) is 8. The Morgan fingerprint density at radius 3 is 2.92 bits per heavy atom. The molecule has 37 heavy (non-hydrogen) atoms. The van der Waals surface area contributed by atoms with Crippen LogP contribution in [0.3, 0.4) is 0 Å². The number of hydrogen-bond acceptors (Lipinski definition) is 9. The first-order valence-electron chi connectivity index (χ1n) is 11.8. The van der Waals surface area contributed by atoms with Crippen molar-refractivity contribution in [3.05, 3.63) is 71.7 Å². The number of pyridine rings is 1. The van der Waals surface area contributed by atoms with Crippen molar-refractivity contribution in [1.29, 1.82) is 0 Å². The van der Waals surface area contributed by atoms with Crippen molar-refractivity contribution in [2.24, 2.45) is 0 Å². The molecule has 1 N–H and O–H groups in total. The monoisotopic (exact) mass is 519 g/mol. The Morgan fingerprint density at radius 2 is 2.11 bits per heavy atom. The second-order valence-corrected chi connectivity index (χ2v) is 11.3. The molecule has 1 aliphatic carbocycles. The summed E-state index contributed by atoms with van der Waals surface area (Å²) in [7, 11) is -3.53. The van der Waals surface area contributed by atoms with Gasteiger partial charge in [0.1, 0.15) is 6.04 Å². The van der Waals surface area contributed by atoms with E-state index in [1.165, 1.54) is 12.4 Å². The van der Waals surface area contributed by atoms with Crippen LogP contribution in [-0.2, 0) is 16.4 Å². The number of aryl methyl sites for hydroxylation is 1. The molecule has 0 unspecified atom stereocenters. The van der Waals surface area contributed by atoms with Gasteiger partial charge in [-0.3, -0.25) is 4.79 Å². The minimum absolute atomic E-state index is 0.0120. The summed E-state index contributed by atoms with van der Waals surface area (Å²) in [6.45, 7) is 2.39.